The van der Waals surface area contributed by atoms with Crippen molar-refractivity contribution in [2.75, 3.05) is 20.3 Å². The number of fused-ring (bicyclic) bond motifs is 3. The largest absolute Gasteiger partial charge is 0.497 e. The highest BCUT2D eigenvalue weighted by Crippen LogP contribution is 2.49. The van der Waals surface area contributed by atoms with Gasteiger partial charge in [-0.25, -0.2) is 18.2 Å². The van der Waals surface area contributed by atoms with Gasteiger partial charge in [0.2, 0.25) is 21.8 Å². The quantitative estimate of drug-likeness (QED) is 0.302. The number of sulfonamides is 1. The number of aromatic nitrogens is 1. The van der Waals surface area contributed by atoms with Crippen molar-refractivity contribution in [1.82, 2.24) is 25.2 Å². The number of rotatable bonds is 8. The molecule has 59 heavy (non-hydrogen) atoms. The smallest absolute Gasteiger partial charge is 0.407 e. The fraction of sp³-hybridized carbons (Fsp3) is 0.705. The van der Waals surface area contributed by atoms with Crippen molar-refractivity contribution in [3.8, 4) is 11.5 Å². The molecule has 2 aromatic rings. The van der Waals surface area contributed by atoms with Crippen LogP contribution >= 0.6 is 0 Å². The number of methoxy groups -OCH3 is 1. The summed E-state index contributed by atoms with van der Waals surface area (Å²) in [5, 5.41) is 6.32. The minimum absolute atomic E-state index is 0.0752. The third kappa shape index (κ3) is 8.21. The number of carbonyl (C=O) groups is 4. The van der Waals surface area contributed by atoms with Gasteiger partial charge in [-0.05, 0) is 99.7 Å². The van der Waals surface area contributed by atoms with E-state index < -0.39 is 67.7 Å². The number of nitrogens with zero attached hydrogens (tertiary/aromatic N) is 2. The minimum Gasteiger partial charge on any atom is -0.497 e. The van der Waals surface area contributed by atoms with Gasteiger partial charge in [-0.1, -0.05) is 59.3 Å². The van der Waals surface area contributed by atoms with Crippen LogP contribution in [-0.4, -0.2) is 90.9 Å². The molecule has 8 rings (SSSR count). The number of pyridine rings is 1. The molecule has 3 bridgehead atoms. The van der Waals surface area contributed by atoms with Gasteiger partial charge in [0, 0.05) is 17.4 Å². The third-order valence-corrected chi connectivity index (χ3v) is 16.1. The van der Waals surface area contributed by atoms with E-state index in [9.17, 15) is 22.8 Å². The molecule has 1 spiro atoms. The molecular formula is C44H61N5O9S. The first-order valence-corrected chi connectivity index (χ1v) is 23.5. The van der Waals surface area contributed by atoms with Crippen molar-refractivity contribution >= 4 is 44.7 Å². The number of ether oxygens (including phenoxy) is 3. The normalized spacial score (nSPS) is 31.2. The summed E-state index contributed by atoms with van der Waals surface area (Å²) in [5.41, 5.74) is -0.283. The summed E-state index contributed by atoms with van der Waals surface area (Å²) in [6.45, 7) is 6.29. The Morgan fingerprint density at radius 3 is 2.49 bits per heavy atom. The standard InChI is InChI=1S/C44H61N5O9S/c1-5-28-23-44(28,40(52)48-59(54,55)30-15-16-30)47-38(50)35-24-43-21-18-31-32-22-29(56-4)14-17-33(32)45-34(36(31)58-43)13-9-6-8-12-27(2)25-57-41(53)46-37(39(51)49(35)26-43)42(3)19-10-7-11-20-42/h14,17,22,27-28,30,35,37H,5-13,15-16,18-21,23-26H2,1-4H3,(H,46,53)(H,47,50)(H,48,52)/t27-,28+,35-,37+,43+,44+/m0/s1. The molecule has 1 aromatic heterocycles. The molecule has 14 nitrogen and oxygen atoms in total. The molecule has 4 amide bonds. The zero-order valence-electron chi connectivity index (χ0n) is 35.0. The second-order valence-electron chi connectivity index (χ2n) is 18.8. The van der Waals surface area contributed by atoms with Crippen LogP contribution in [0.5, 0.6) is 11.5 Å². The average molecular weight is 836 g/mol. The molecule has 3 aliphatic heterocycles. The van der Waals surface area contributed by atoms with Crippen LogP contribution in [0.1, 0.15) is 128 Å². The second kappa shape index (κ2) is 16.0. The van der Waals surface area contributed by atoms with E-state index in [0.717, 1.165) is 67.1 Å². The van der Waals surface area contributed by atoms with Crippen LogP contribution in [0.25, 0.3) is 10.9 Å². The number of benzene rings is 1. The van der Waals surface area contributed by atoms with Crippen LogP contribution in [0, 0.1) is 17.3 Å². The molecule has 322 valence electrons. The predicted octanol–water partition coefficient (Wildman–Crippen LogP) is 5.62. The zero-order valence-corrected chi connectivity index (χ0v) is 35.8. The van der Waals surface area contributed by atoms with Gasteiger partial charge >= 0.3 is 6.09 Å². The average Bonchev–Trinajstić information content (AvgIpc) is 4.15. The van der Waals surface area contributed by atoms with E-state index in [4.69, 9.17) is 19.2 Å². The van der Waals surface area contributed by atoms with Crippen LogP contribution in [-0.2, 0) is 42.0 Å². The molecule has 4 fully saturated rings. The Labute approximate surface area is 347 Å². The minimum atomic E-state index is -3.87. The summed E-state index contributed by atoms with van der Waals surface area (Å²) >= 11 is 0. The lowest BCUT2D eigenvalue weighted by atomic mass is 9.70. The number of nitrogens with one attached hydrogen (secondary N) is 3. The SMILES string of the molecule is CC[C@@H]1C[C@]1(NC(=O)[C@@H]1C[C@]23CCc4c(c(nc5ccc(OC)cc45)CCCCC[C@H](C)COC(=O)N[C@@H](C4(C)CCCCC4)C(=O)N1C2)O3)C(=O)NS(=O)(=O)C1CC1. The van der Waals surface area contributed by atoms with E-state index in [1.54, 1.807) is 12.0 Å². The van der Waals surface area contributed by atoms with E-state index in [0.29, 0.717) is 62.9 Å². The zero-order chi connectivity index (χ0) is 41.7. The highest BCUT2D eigenvalue weighted by Gasteiger charge is 2.63. The predicted molar refractivity (Wildman–Crippen MR) is 220 cm³/mol. The Morgan fingerprint density at radius 1 is 1.02 bits per heavy atom. The summed E-state index contributed by atoms with van der Waals surface area (Å²) in [6.07, 6.45) is 11.0. The van der Waals surface area contributed by atoms with Crippen molar-refractivity contribution in [2.24, 2.45) is 17.3 Å². The Morgan fingerprint density at radius 2 is 1.78 bits per heavy atom. The van der Waals surface area contributed by atoms with Crippen LogP contribution < -0.4 is 24.8 Å². The Kier molecular flexibility index (Phi) is 11.3. The molecule has 3 saturated carbocycles. The molecule has 6 atom stereocenters. The topological polar surface area (TPSA) is 182 Å². The maximum absolute atomic E-state index is 15.3. The number of carbonyl (C=O) groups excluding carboxylic acids is 4. The van der Waals surface area contributed by atoms with Crippen LogP contribution in [0.2, 0.25) is 0 Å². The van der Waals surface area contributed by atoms with Gasteiger partial charge in [-0.3, -0.25) is 19.1 Å². The molecule has 3 aliphatic carbocycles. The molecule has 0 unspecified atom stereocenters. The van der Waals surface area contributed by atoms with E-state index in [2.05, 4.69) is 22.3 Å². The molecule has 4 heterocycles. The van der Waals surface area contributed by atoms with Gasteiger partial charge in [0.25, 0.3) is 5.91 Å². The molecule has 15 heteroatoms. The maximum Gasteiger partial charge on any atom is 0.407 e. The van der Waals surface area contributed by atoms with Gasteiger partial charge in [-0.15, -0.1) is 0 Å². The third-order valence-electron chi connectivity index (χ3n) is 14.3. The van der Waals surface area contributed by atoms with E-state index in [1.807, 2.05) is 32.0 Å². The summed E-state index contributed by atoms with van der Waals surface area (Å²) in [5.74, 6) is -0.434. The Balaban J connectivity index is 1.19. The van der Waals surface area contributed by atoms with Gasteiger partial charge in [-0.2, -0.15) is 0 Å². The highest BCUT2D eigenvalue weighted by atomic mass is 32.2. The lowest BCUT2D eigenvalue weighted by molar-refractivity contribution is -0.144. The van der Waals surface area contributed by atoms with Crippen molar-refractivity contribution in [1.29, 1.82) is 0 Å². The summed E-state index contributed by atoms with van der Waals surface area (Å²) < 4.78 is 46.7. The Hall–Kier alpha value is -4.14. The first kappa shape index (κ1) is 41.6. The van der Waals surface area contributed by atoms with Crippen LogP contribution in [0.4, 0.5) is 4.79 Å². The lowest BCUT2D eigenvalue weighted by Gasteiger charge is -2.42. The van der Waals surface area contributed by atoms with Crippen LogP contribution in [0.15, 0.2) is 18.2 Å². The fourth-order valence-corrected chi connectivity index (χ4v) is 11.7. The molecule has 6 aliphatic rings. The van der Waals surface area contributed by atoms with Crippen LogP contribution in [0.3, 0.4) is 0 Å². The first-order chi connectivity index (χ1) is 28.2. The number of cyclic esters (lactones) is 1. The van der Waals surface area contributed by atoms with Crippen molar-refractivity contribution < 1.29 is 41.8 Å². The number of amides is 4. The first-order valence-electron chi connectivity index (χ1n) is 22.0. The van der Waals surface area contributed by atoms with E-state index in [-0.39, 0.29) is 37.8 Å². The van der Waals surface area contributed by atoms with Crippen molar-refractivity contribution in [3.05, 3.63) is 29.5 Å². The van der Waals surface area contributed by atoms with Gasteiger partial charge < -0.3 is 29.7 Å². The van der Waals surface area contributed by atoms with Crippen molar-refractivity contribution in [2.45, 2.75) is 158 Å². The monoisotopic (exact) mass is 835 g/mol. The molecular weight excluding hydrogens is 775 g/mol. The fourth-order valence-electron chi connectivity index (χ4n) is 10.4. The van der Waals surface area contributed by atoms with E-state index >= 15 is 4.79 Å². The van der Waals surface area contributed by atoms with Gasteiger partial charge in [0.05, 0.1) is 36.7 Å². The van der Waals surface area contributed by atoms with Gasteiger partial charge in [0.15, 0.2) is 0 Å². The maximum atomic E-state index is 15.3. The Bertz CT molecular complexity index is 2100. The number of alkyl carbamates (subject to hydrolysis) is 1. The molecule has 0 radical (unpaired) electrons. The lowest BCUT2D eigenvalue weighted by Crippen LogP contribution is -2.61. The molecule has 3 N–H and O–H groups in total. The van der Waals surface area contributed by atoms with Crippen molar-refractivity contribution in [3.63, 3.8) is 0 Å². The number of aryl methyl sites for hydroxylation is 2. The summed E-state index contributed by atoms with van der Waals surface area (Å²) in [6, 6.07) is 3.82. The molecule has 1 aromatic carbocycles. The number of hydrogen-bond acceptors (Lipinski definition) is 10. The summed E-state index contributed by atoms with van der Waals surface area (Å²) in [7, 11) is -2.24. The van der Waals surface area contributed by atoms with Gasteiger partial charge in [0.1, 0.15) is 34.7 Å². The molecule has 1 saturated heterocycles. The van der Waals surface area contributed by atoms with E-state index in [1.165, 1.54) is 0 Å². The highest BCUT2D eigenvalue weighted by molar-refractivity contribution is 7.91. The number of hydrogen-bond donors (Lipinski definition) is 3. The second-order valence-corrected chi connectivity index (χ2v) is 20.7. The summed E-state index contributed by atoms with van der Waals surface area (Å²) in [4.78, 5) is 64.3.